The predicted octanol–water partition coefficient (Wildman–Crippen LogP) is 1.61. The average Bonchev–Trinajstić information content (AvgIpc) is 3.40. The second-order valence-electron chi connectivity index (χ2n) is 8.59. The lowest BCUT2D eigenvalue weighted by Crippen LogP contribution is -2.54. The molecule has 1 saturated heterocycles. The van der Waals surface area contributed by atoms with E-state index >= 15 is 0 Å². The number of rotatable bonds is 7. The number of nitrogens with zero attached hydrogens (tertiary/aromatic N) is 2. The minimum absolute atomic E-state index is 0.0998. The quantitative estimate of drug-likeness (QED) is 0.586. The second-order valence-corrected chi connectivity index (χ2v) is 9.45. The molecule has 1 aromatic heterocycles. The zero-order valence-corrected chi connectivity index (χ0v) is 19.0. The smallest absolute Gasteiger partial charge is 0.246 e. The molecule has 170 valence electrons. The third-order valence-electron chi connectivity index (χ3n) is 6.01. The van der Waals surface area contributed by atoms with Gasteiger partial charge in [0.1, 0.15) is 12.1 Å². The van der Waals surface area contributed by atoms with Crippen LogP contribution in [0, 0.1) is 12.8 Å². The first-order chi connectivity index (χ1) is 15.3. The maximum Gasteiger partial charge on any atom is 0.246 e. The number of aliphatic hydroxyl groups is 1. The van der Waals surface area contributed by atoms with E-state index in [4.69, 9.17) is 0 Å². The lowest BCUT2D eigenvalue weighted by Gasteiger charge is -2.28. The molecule has 4 rings (SSSR count). The van der Waals surface area contributed by atoms with E-state index in [0.717, 1.165) is 34.5 Å². The molecule has 0 spiro atoms. The topological polar surface area (TPSA) is 112 Å². The third-order valence-corrected chi connectivity index (χ3v) is 6.99. The molecule has 0 radical (unpaired) electrons. The van der Waals surface area contributed by atoms with Gasteiger partial charge in [0.25, 0.3) is 0 Å². The summed E-state index contributed by atoms with van der Waals surface area (Å²) in [6.45, 7) is 3.78. The van der Waals surface area contributed by atoms with Crippen molar-refractivity contribution in [3.8, 4) is 10.4 Å². The van der Waals surface area contributed by atoms with Crippen molar-refractivity contribution in [2.45, 2.75) is 57.8 Å². The zero-order valence-electron chi connectivity index (χ0n) is 18.2. The summed E-state index contributed by atoms with van der Waals surface area (Å²) >= 11 is 1.59. The van der Waals surface area contributed by atoms with E-state index in [1.54, 1.807) is 11.3 Å². The molecule has 3 N–H and O–H groups in total. The number of carbonyl (C=O) groups excluding carboxylic acids is 3. The molecule has 2 aliphatic rings. The molecule has 1 aliphatic heterocycles. The monoisotopic (exact) mass is 456 g/mol. The number of nitrogens with one attached hydrogen (secondary N) is 2. The highest BCUT2D eigenvalue weighted by atomic mass is 32.1. The minimum Gasteiger partial charge on any atom is -0.391 e. The van der Waals surface area contributed by atoms with Gasteiger partial charge in [-0.25, -0.2) is 4.98 Å². The highest BCUT2D eigenvalue weighted by Crippen LogP contribution is 2.34. The summed E-state index contributed by atoms with van der Waals surface area (Å²) < 4.78 is 0. The molecule has 1 aromatic carbocycles. The number of carbonyl (C=O) groups is 3. The Morgan fingerprint density at radius 1 is 1.25 bits per heavy atom. The van der Waals surface area contributed by atoms with Gasteiger partial charge in [-0.15, -0.1) is 11.3 Å². The Morgan fingerprint density at radius 3 is 2.56 bits per heavy atom. The summed E-state index contributed by atoms with van der Waals surface area (Å²) in [6, 6.07) is 6.56. The first-order valence-electron chi connectivity index (χ1n) is 10.9. The van der Waals surface area contributed by atoms with E-state index in [2.05, 4.69) is 15.6 Å². The molecule has 8 nitrogen and oxygen atoms in total. The van der Waals surface area contributed by atoms with Gasteiger partial charge in [0.15, 0.2) is 0 Å². The van der Waals surface area contributed by atoms with Crippen molar-refractivity contribution in [1.82, 2.24) is 20.5 Å². The fourth-order valence-corrected chi connectivity index (χ4v) is 4.99. The Balaban J connectivity index is 1.39. The molecule has 9 heteroatoms. The number of hydrogen-bond acceptors (Lipinski definition) is 6. The molecular formula is C23H28N4O4S. The van der Waals surface area contributed by atoms with Crippen LogP contribution in [0.1, 0.15) is 37.4 Å². The van der Waals surface area contributed by atoms with Gasteiger partial charge in [0.05, 0.1) is 22.2 Å². The van der Waals surface area contributed by atoms with Crippen LogP contribution in [-0.2, 0) is 20.9 Å². The Hall–Kier alpha value is -2.78. The fourth-order valence-electron chi connectivity index (χ4n) is 4.17. The van der Waals surface area contributed by atoms with Crippen LogP contribution in [0.3, 0.4) is 0 Å². The number of aromatic nitrogens is 1. The van der Waals surface area contributed by atoms with Crippen molar-refractivity contribution in [1.29, 1.82) is 0 Å². The summed E-state index contributed by atoms with van der Waals surface area (Å²) in [7, 11) is 0. The summed E-state index contributed by atoms with van der Waals surface area (Å²) in [5, 5.41) is 15.8. The van der Waals surface area contributed by atoms with E-state index in [0.29, 0.717) is 6.54 Å². The Morgan fingerprint density at radius 2 is 1.97 bits per heavy atom. The lowest BCUT2D eigenvalue weighted by molar-refractivity contribution is -0.141. The van der Waals surface area contributed by atoms with Gasteiger partial charge < -0.3 is 20.6 Å². The van der Waals surface area contributed by atoms with E-state index in [9.17, 15) is 19.5 Å². The number of aryl methyl sites for hydroxylation is 1. The molecule has 32 heavy (non-hydrogen) atoms. The summed E-state index contributed by atoms with van der Waals surface area (Å²) in [6.07, 6.45) is 1.19. The number of β-amino-alcohol motifs (C(OH)–C–C–N with tert-alkyl or cyclic N) is 1. The number of likely N-dealkylation sites (tertiary alicyclic amines) is 1. The van der Waals surface area contributed by atoms with Gasteiger partial charge in [-0.2, -0.15) is 0 Å². The zero-order chi connectivity index (χ0) is 22.8. The molecule has 0 bridgehead atoms. The molecule has 3 amide bonds. The molecule has 3 atom stereocenters. The highest BCUT2D eigenvalue weighted by Gasteiger charge is 2.45. The molecule has 1 unspecified atom stereocenters. The van der Waals surface area contributed by atoms with E-state index in [-0.39, 0.29) is 36.6 Å². The van der Waals surface area contributed by atoms with Crippen LogP contribution in [0.5, 0.6) is 0 Å². The number of amides is 3. The van der Waals surface area contributed by atoms with Gasteiger partial charge in [-0.3, -0.25) is 14.4 Å². The summed E-state index contributed by atoms with van der Waals surface area (Å²) in [5.41, 5.74) is 4.83. The maximum absolute atomic E-state index is 13.1. The first kappa shape index (κ1) is 22.4. The van der Waals surface area contributed by atoms with E-state index in [1.165, 1.54) is 11.8 Å². The molecule has 2 fully saturated rings. The Bertz CT molecular complexity index is 1000. The van der Waals surface area contributed by atoms with Gasteiger partial charge in [-0.1, -0.05) is 24.3 Å². The number of thiazole rings is 1. The van der Waals surface area contributed by atoms with Crippen LogP contribution in [-0.4, -0.2) is 57.4 Å². The van der Waals surface area contributed by atoms with Gasteiger partial charge in [-0.05, 0) is 36.8 Å². The summed E-state index contributed by atoms with van der Waals surface area (Å²) in [5.74, 6) is -0.750. The van der Waals surface area contributed by atoms with Crippen molar-refractivity contribution in [2.75, 3.05) is 6.54 Å². The molecular weight excluding hydrogens is 428 g/mol. The van der Waals surface area contributed by atoms with Crippen LogP contribution in [0.15, 0.2) is 29.8 Å². The van der Waals surface area contributed by atoms with Crippen LogP contribution in [0.25, 0.3) is 10.4 Å². The number of hydrogen-bond donors (Lipinski definition) is 3. The van der Waals surface area contributed by atoms with Gasteiger partial charge in [0.2, 0.25) is 17.7 Å². The van der Waals surface area contributed by atoms with Crippen LogP contribution in [0.4, 0.5) is 0 Å². The average molecular weight is 457 g/mol. The van der Waals surface area contributed by atoms with Crippen LogP contribution in [0.2, 0.25) is 0 Å². The van der Waals surface area contributed by atoms with Crippen molar-refractivity contribution in [3.05, 3.63) is 41.0 Å². The van der Waals surface area contributed by atoms with Crippen molar-refractivity contribution >= 4 is 29.1 Å². The fraction of sp³-hybridized carbons (Fsp3) is 0.478. The third kappa shape index (κ3) is 4.99. The number of benzene rings is 1. The van der Waals surface area contributed by atoms with Crippen molar-refractivity contribution in [2.24, 2.45) is 5.92 Å². The van der Waals surface area contributed by atoms with Gasteiger partial charge >= 0.3 is 0 Å². The first-order valence-corrected chi connectivity index (χ1v) is 11.7. The minimum atomic E-state index is -0.756. The van der Waals surface area contributed by atoms with E-state index in [1.807, 2.05) is 36.7 Å². The predicted molar refractivity (Wildman–Crippen MR) is 121 cm³/mol. The summed E-state index contributed by atoms with van der Waals surface area (Å²) in [4.78, 5) is 44.4. The normalized spacial score (nSPS) is 21.3. The van der Waals surface area contributed by atoms with Crippen LogP contribution < -0.4 is 10.6 Å². The molecule has 1 aliphatic carbocycles. The van der Waals surface area contributed by atoms with E-state index < -0.39 is 18.2 Å². The maximum atomic E-state index is 13.1. The second kappa shape index (κ2) is 9.38. The Labute approximate surface area is 191 Å². The SMILES string of the molecule is CC(=O)NC(C(=O)N1C[C@H](O)C[C@H]1C(=O)NCc1ccc(-c2scnc2C)cc1)C1CC1. The molecule has 2 heterocycles. The van der Waals surface area contributed by atoms with Crippen molar-refractivity contribution in [3.63, 3.8) is 0 Å². The highest BCUT2D eigenvalue weighted by molar-refractivity contribution is 7.13. The number of aliphatic hydroxyl groups excluding tert-OH is 1. The van der Waals surface area contributed by atoms with Crippen LogP contribution >= 0.6 is 11.3 Å². The lowest BCUT2D eigenvalue weighted by atomic mass is 10.1. The standard InChI is InChI=1S/C23H28N4O4S/c1-13-21(32-12-25-13)17-5-3-15(4-6-17)10-24-22(30)19-9-18(29)11-27(19)23(31)20(16-7-8-16)26-14(2)28/h3-6,12,16,18-20,29H,7-11H2,1-2H3,(H,24,30)(H,26,28)/t18-,19+,20?/m1/s1. The largest absolute Gasteiger partial charge is 0.391 e. The van der Waals surface area contributed by atoms with Crippen molar-refractivity contribution < 1.29 is 19.5 Å². The Kier molecular flexibility index (Phi) is 6.57. The van der Waals surface area contributed by atoms with Gasteiger partial charge in [0, 0.05) is 26.4 Å². The molecule has 1 saturated carbocycles. The molecule has 2 aromatic rings.